The molecule has 20 heavy (non-hydrogen) atoms. The fraction of sp³-hybridized carbons (Fsp3) is 0.294. The van der Waals surface area contributed by atoms with Crippen molar-refractivity contribution in [2.75, 3.05) is 6.54 Å². The second-order valence-corrected chi connectivity index (χ2v) is 4.95. The molecule has 0 saturated carbocycles. The van der Waals surface area contributed by atoms with Gasteiger partial charge in [-0.3, -0.25) is 9.78 Å². The molecule has 0 unspecified atom stereocenters. The first-order chi connectivity index (χ1) is 9.61. The molecular formula is C17H20N2O. The number of aromatic nitrogens is 1. The van der Waals surface area contributed by atoms with Crippen molar-refractivity contribution < 1.29 is 4.79 Å². The monoisotopic (exact) mass is 268 g/mol. The molecule has 104 valence electrons. The molecule has 0 spiro atoms. The number of benzene rings is 1. The van der Waals surface area contributed by atoms with Crippen molar-refractivity contribution in [2.45, 2.75) is 27.2 Å². The summed E-state index contributed by atoms with van der Waals surface area (Å²) in [7, 11) is 0. The molecule has 1 amide bonds. The minimum absolute atomic E-state index is 0.0488. The number of nitrogens with one attached hydrogen (secondary N) is 1. The maximum Gasteiger partial charge on any atom is 0.253 e. The molecule has 2 aromatic rings. The molecule has 2 rings (SSSR count). The van der Waals surface area contributed by atoms with Gasteiger partial charge in [0.15, 0.2) is 0 Å². The third-order valence-corrected chi connectivity index (χ3v) is 3.21. The third kappa shape index (κ3) is 3.23. The number of hydrogen-bond acceptors (Lipinski definition) is 2. The van der Waals surface area contributed by atoms with Gasteiger partial charge in [-0.2, -0.15) is 0 Å². The predicted molar refractivity (Wildman–Crippen MR) is 81.8 cm³/mol. The second-order valence-electron chi connectivity index (χ2n) is 4.95. The van der Waals surface area contributed by atoms with Crippen molar-refractivity contribution in [3.63, 3.8) is 0 Å². The fourth-order valence-corrected chi connectivity index (χ4v) is 2.02. The highest BCUT2D eigenvalue weighted by Crippen LogP contribution is 2.19. The second kappa shape index (κ2) is 6.33. The standard InChI is InChI=1S/C17H20N2O/c1-4-11-18-17(20)15-9-10-16(19-13(15)3)14-7-5-12(2)6-8-14/h5-10H,4,11H2,1-3H3,(H,18,20). The molecular weight excluding hydrogens is 248 g/mol. The predicted octanol–water partition coefficient (Wildman–Crippen LogP) is 3.51. The van der Waals surface area contributed by atoms with Gasteiger partial charge < -0.3 is 5.32 Å². The Kier molecular flexibility index (Phi) is 4.51. The van der Waals surface area contributed by atoms with Crippen molar-refractivity contribution >= 4 is 5.91 Å². The number of rotatable bonds is 4. The Morgan fingerprint density at radius 2 is 1.80 bits per heavy atom. The van der Waals surface area contributed by atoms with Crippen molar-refractivity contribution in [1.82, 2.24) is 10.3 Å². The number of nitrogens with zero attached hydrogens (tertiary/aromatic N) is 1. The maximum absolute atomic E-state index is 12.0. The van der Waals surface area contributed by atoms with Crippen LogP contribution in [0.25, 0.3) is 11.3 Å². The molecule has 1 N–H and O–H groups in total. The van der Waals surface area contributed by atoms with Crippen LogP contribution in [0.4, 0.5) is 0 Å². The molecule has 0 aliphatic rings. The highest BCUT2D eigenvalue weighted by atomic mass is 16.1. The first-order valence-electron chi connectivity index (χ1n) is 6.94. The van der Waals surface area contributed by atoms with Gasteiger partial charge in [0.2, 0.25) is 0 Å². The lowest BCUT2D eigenvalue weighted by Crippen LogP contribution is -2.25. The van der Waals surface area contributed by atoms with E-state index in [0.717, 1.165) is 23.4 Å². The molecule has 0 saturated heterocycles. The van der Waals surface area contributed by atoms with Gasteiger partial charge in [0.1, 0.15) is 0 Å². The zero-order chi connectivity index (χ0) is 14.5. The lowest BCUT2D eigenvalue weighted by atomic mass is 10.1. The molecule has 0 bridgehead atoms. The summed E-state index contributed by atoms with van der Waals surface area (Å²) in [6.45, 7) is 6.66. The van der Waals surface area contributed by atoms with E-state index >= 15 is 0 Å². The summed E-state index contributed by atoms with van der Waals surface area (Å²) in [6, 6.07) is 12.0. The Morgan fingerprint density at radius 1 is 1.10 bits per heavy atom. The van der Waals surface area contributed by atoms with Crippen LogP contribution in [0.5, 0.6) is 0 Å². The Morgan fingerprint density at radius 3 is 2.40 bits per heavy atom. The van der Waals surface area contributed by atoms with E-state index in [1.807, 2.05) is 38.1 Å². The largest absolute Gasteiger partial charge is 0.352 e. The average Bonchev–Trinajstić information content (AvgIpc) is 2.45. The molecule has 3 heteroatoms. The maximum atomic E-state index is 12.0. The third-order valence-electron chi connectivity index (χ3n) is 3.21. The van der Waals surface area contributed by atoms with Crippen LogP contribution in [0.3, 0.4) is 0 Å². The molecule has 0 fully saturated rings. The van der Waals surface area contributed by atoms with Crippen molar-refractivity contribution in [3.8, 4) is 11.3 Å². The summed E-state index contributed by atoms with van der Waals surface area (Å²) in [5.41, 5.74) is 4.60. The molecule has 0 aliphatic carbocycles. The van der Waals surface area contributed by atoms with Gasteiger partial charge in [-0.15, -0.1) is 0 Å². The van der Waals surface area contributed by atoms with E-state index < -0.39 is 0 Å². The first-order valence-corrected chi connectivity index (χ1v) is 6.94. The van der Waals surface area contributed by atoms with Crippen LogP contribution in [0.15, 0.2) is 36.4 Å². The van der Waals surface area contributed by atoms with E-state index in [0.29, 0.717) is 12.1 Å². The Hall–Kier alpha value is -2.16. The number of carbonyl (C=O) groups is 1. The number of hydrogen-bond donors (Lipinski definition) is 1. The summed E-state index contributed by atoms with van der Waals surface area (Å²) < 4.78 is 0. The molecule has 0 atom stereocenters. The summed E-state index contributed by atoms with van der Waals surface area (Å²) >= 11 is 0. The van der Waals surface area contributed by atoms with Crippen molar-refractivity contribution in [1.29, 1.82) is 0 Å². The van der Waals surface area contributed by atoms with E-state index in [1.165, 1.54) is 5.56 Å². The van der Waals surface area contributed by atoms with Gasteiger partial charge in [-0.25, -0.2) is 0 Å². The van der Waals surface area contributed by atoms with E-state index in [9.17, 15) is 4.79 Å². The van der Waals surface area contributed by atoms with E-state index in [-0.39, 0.29) is 5.91 Å². The molecule has 0 aliphatic heterocycles. The lowest BCUT2D eigenvalue weighted by molar-refractivity contribution is 0.0952. The number of aryl methyl sites for hydroxylation is 2. The summed E-state index contributed by atoms with van der Waals surface area (Å²) in [6.07, 6.45) is 0.930. The Balaban J connectivity index is 2.25. The first kappa shape index (κ1) is 14.3. The average molecular weight is 268 g/mol. The van der Waals surface area contributed by atoms with E-state index in [1.54, 1.807) is 0 Å². The van der Waals surface area contributed by atoms with Gasteiger partial charge in [-0.05, 0) is 32.4 Å². The van der Waals surface area contributed by atoms with Gasteiger partial charge in [0, 0.05) is 12.1 Å². The topological polar surface area (TPSA) is 42.0 Å². The smallest absolute Gasteiger partial charge is 0.253 e. The van der Waals surface area contributed by atoms with E-state index in [2.05, 4.69) is 29.4 Å². The minimum atomic E-state index is -0.0488. The van der Waals surface area contributed by atoms with Crippen LogP contribution in [0.1, 0.15) is 35.0 Å². The van der Waals surface area contributed by atoms with Crippen LogP contribution in [0, 0.1) is 13.8 Å². The molecule has 1 heterocycles. The van der Waals surface area contributed by atoms with Gasteiger partial charge >= 0.3 is 0 Å². The van der Waals surface area contributed by atoms with Crippen LogP contribution >= 0.6 is 0 Å². The molecule has 0 radical (unpaired) electrons. The number of pyridine rings is 1. The molecule has 1 aromatic heterocycles. The van der Waals surface area contributed by atoms with Gasteiger partial charge in [0.05, 0.1) is 17.0 Å². The summed E-state index contributed by atoms with van der Waals surface area (Å²) in [4.78, 5) is 16.5. The molecule has 1 aromatic carbocycles. The quantitative estimate of drug-likeness (QED) is 0.922. The van der Waals surface area contributed by atoms with Crippen LogP contribution in [-0.4, -0.2) is 17.4 Å². The zero-order valence-electron chi connectivity index (χ0n) is 12.2. The molecule has 3 nitrogen and oxygen atoms in total. The Bertz CT molecular complexity index is 603. The normalized spacial score (nSPS) is 10.3. The SMILES string of the molecule is CCCNC(=O)c1ccc(-c2ccc(C)cc2)nc1C. The summed E-state index contributed by atoms with van der Waals surface area (Å²) in [5.74, 6) is -0.0488. The van der Waals surface area contributed by atoms with Gasteiger partial charge in [0.25, 0.3) is 5.91 Å². The number of amides is 1. The van der Waals surface area contributed by atoms with Crippen LogP contribution in [-0.2, 0) is 0 Å². The Labute approximate surface area is 120 Å². The highest BCUT2D eigenvalue weighted by Gasteiger charge is 2.10. The number of carbonyl (C=O) groups excluding carboxylic acids is 1. The van der Waals surface area contributed by atoms with Crippen LogP contribution < -0.4 is 5.32 Å². The van der Waals surface area contributed by atoms with Crippen molar-refractivity contribution in [2.24, 2.45) is 0 Å². The minimum Gasteiger partial charge on any atom is -0.352 e. The highest BCUT2D eigenvalue weighted by molar-refractivity contribution is 5.95. The van der Waals surface area contributed by atoms with Crippen molar-refractivity contribution in [3.05, 3.63) is 53.2 Å². The zero-order valence-corrected chi connectivity index (χ0v) is 12.2. The summed E-state index contributed by atoms with van der Waals surface area (Å²) in [5, 5.41) is 2.88. The lowest BCUT2D eigenvalue weighted by Gasteiger charge is -2.08. The fourth-order valence-electron chi connectivity index (χ4n) is 2.02. The van der Waals surface area contributed by atoms with E-state index in [4.69, 9.17) is 0 Å². The van der Waals surface area contributed by atoms with Gasteiger partial charge in [-0.1, -0.05) is 36.8 Å². The van der Waals surface area contributed by atoms with Crippen LogP contribution in [0.2, 0.25) is 0 Å².